The van der Waals surface area contributed by atoms with Gasteiger partial charge in [0, 0.05) is 18.8 Å². The highest BCUT2D eigenvalue weighted by molar-refractivity contribution is 6.32. The van der Waals surface area contributed by atoms with Crippen LogP contribution in [0.2, 0.25) is 5.02 Å². The van der Waals surface area contributed by atoms with Gasteiger partial charge in [-0.05, 0) is 18.2 Å². The van der Waals surface area contributed by atoms with E-state index in [0.29, 0.717) is 6.07 Å². The fraction of sp³-hybridized carbons (Fsp3) is 0.231. The van der Waals surface area contributed by atoms with Crippen LogP contribution in [0.3, 0.4) is 0 Å². The highest BCUT2D eigenvalue weighted by Crippen LogP contribution is 2.30. The zero-order chi connectivity index (χ0) is 18.1. The minimum atomic E-state index is -4.69. The SMILES string of the molecule is Cn1nc(C(F)(F)F)cc1C(=O)Nc1ccc(OC(F)F)c(Cl)c1. The summed E-state index contributed by atoms with van der Waals surface area (Å²) in [6.45, 7) is -3.07. The number of amides is 1. The van der Waals surface area contributed by atoms with Gasteiger partial charge in [0.15, 0.2) is 5.69 Å². The monoisotopic (exact) mass is 369 g/mol. The van der Waals surface area contributed by atoms with Crippen LogP contribution in [0.15, 0.2) is 24.3 Å². The molecule has 0 saturated heterocycles. The van der Waals surface area contributed by atoms with Gasteiger partial charge >= 0.3 is 12.8 Å². The first-order chi connectivity index (χ1) is 11.1. The number of hydrogen-bond acceptors (Lipinski definition) is 3. The van der Waals surface area contributed by atoms with E-state index in [-0.39, 0.29) is 22.2 Å². The van der Waals surface area contributed by atoms with Gasteiger partial charge in [0.25, 0.3) is 5.91 Å². The van der Waals surface area contributed by atoms with Gasteiger partial charge in [-0.3, -0.25) is 9.48 Å². The maximum atomic E-state index is 12.6. The number of nitrogens with zero attached hydrogens (tertiary/aromatic N) is 2. The Hall–Kier alpha value is -2.36. The Morgan fingerprint density at radius 1 is 1.33 bits per heavy atom. The van der Waals surface area contributed by atoms with Crippen molar-refractivity contribution in [2.24, 2.45) is 7.05 Å². The van der Waals surface area contributed by atoms with E-state index in [1.165, 1.54) is 13.1 Å². The summed E-state index contributed by atoms with van der Waals surface area (Å²) in [5.74, 6) is -1.18. The quantitative estimate of drug-likeness (QED) is 0.830. The van der Waals surface area contributed by atoms with Gasteiger partial charge in [-0.1, -0.05) is 11.6 Å². The van der Waals surface area contributed by atoms with Crippen molar-refractivity contribution in [3.05, 3.63) is 40.7 Å². The zero-order valence-electron chi connectivity index (χ0n) is 11.9. The summed E-state index contributed by atoms with van der Waals surface area (Å²) in [7, 11) is 1.18. The molecule has 0 spiro atoms. The predicted octanol–water partition coefficient (Wildman–Crippen LogP) is 3.95. The Morgan fingerprint density at radius 2 is 2.00 bits per heavy atom. The molecule has 1 aromatic carbocycles. The van der Waals surface area contributed by atoms with Crippen molar-refractivity contribution in [1.29, 1.82) is 0 Å². The average molecular weight is 370 g/mol. The minimum Gasteiger partial charge on any atom is -0.433 e. The van der Waals surface area contributed by atoms with E-state index >= 15 is 0 Å². The molecule has 130 valence electrons. The molecule has 0 aliphatic carbocycles. The number of hydrogen-bond donors (Lipinski definition) is 1. The third-order valence-corrected chi connectivity index (χ3v) is 3.10. The van der Waals surface area contributed by atoms with E-state index in [0.717, 1.165) is 16.8 Å². The third kappa shape index (κ3) is 4.13. The topological polar surface area (TPSA) is 56.2 Å². The number of benzene rings is 1. The van der Waals surface area contributed by atoms with Crippen molar-refractivity contribution >= 4 is 23.2 Å². The van der Waals surface area contributed by atoms with Gasteiger partial charge in [-0.2, -0.15) is 27.1 Å². The van der Waals surface area contributed by atoms with Gasteiger partial charge < -0.3 is 10.1 Å². The molecule has 0 bridgehead atoms. The molecule has 1 amide bonds. The first-order valence-corrected chi connectivity index (χ1v) is 6.62. The predicted molar refractivity (Wildman–Crippen MR) is 74.2 cm³/mol. The molecule has 2 rings (SSSR count). The van der Waals surface area contributed by atoms with Crippen LogP contribution in [-0.4, -0.2) is 22.3 Å². The third-order valence-electron chi connectivity index (χ3n) is 2.81. The lowest BCUT2D eigenvalue weighted by atomic mass is 10.2. The number of nitrogens with one attached hydrogen (secondary N) is 1. The Morgan fingerprint density at radius 3 is 2.50 bits per heavy atom. The van der Waals surface area contributed by atoms with Gasteiger partial charge in [-0.25, -0.2) is 0 Å². The standard InChI is InChI=1S/C13H9ClF5N3O2/c1-22-8(5-10(21-22)13(17,18)19)11(23)20-6-2-3-9(7(14)4-6)24-12(15)16/h2-5,12H,1H3,(H,20,23). The molecule has 0 fully saturated rings. The van der Waals surface area contributed by atoms with Gasteiger partial charge in [0.05, 0.1) is 5.02 Å². The second-order valence-electron chi connectivity index (χ2n) is 4.51. The smallest absolute Gasteiger partial charge is 0.433 e. The first kappa shape index (κ1) is 18.0. The molecule has 0 unspecified atom stereocenters. The second-order valence-corrected chi connectivity index (χ2v) is 4.92. The summed E-state index contributed by atoms with van der Waals surface area (Å²) >= 11 is 5.72. The summed E-state index contributed by atoms with van der Waals surface area (Å²) in [4.78, 5) is 12.0. The summed E-state index contributed by atoms with van der Waals surface area (Å²) in [5.41, 5.74) is -1.47. The number of aromatic nitrogens is 2. The van der Waals surface area contributed by atoms with Gasteiger partial charge in [0.2, 0.25) is 0 Å². The highest BCUT2D eigenvalue weighted by Gasteiger charge is 2.35. The van der Waals surface area contributed by atoms with Crippen molar-refractivity contribution in [3.63, 3.8) is 0 Å². The van der Waals surface area contributed by atoms with E-state index in [2.05, 4.69) is 15.2 Å². The largest absolute Gasteiger partial charge is 0.435 e. The lowest BCUT2D eigenvalue weighted by Crippen LogP contribution is -2.16. The number of anilines is 1. The van der Waals surface area contributed by atoms with Crippen LogP contribution in [0.5, 0.6) is 5.75 Å². The molecule has 11 heteroatoms. The van der Waals surface area contributed by atoms with E-state index in [1.807, 2.05) is 0 Å². The van der Waals surface area contributed by atoms with Crippen molar-refractivity contribution in [1.82, 2.24) is 9.78 Å². The van der Waals surface area contributed by atoms with Crippen molar-refractivity contribution in [2.45, 2.75) is 12.8 Å². The lowest BCUT2D eigenvalue weighted by molar-refractivity contribution is -0.141. The van der Waals surface area contributed by atoms with Crippen LogP contribution >= 0.6 is 11.6 Å². The molecule has 1 heterocycles. The maximum Gasteiger partial charge on any atom is 0.435 e. The van der Waals surface area contributed by atoms with E-state index in [9.17, 15) is 26.7 Å². The van der Waals surface area contributed by atoms with Crippen LogP contribution in [0, 0.1) is 0 Å². The van der Waals surface area contributed by atoms with Crippen LogP contribution in [0.4, 0.5) is 27.6 Å². The van der Waals surface area contributed by atoms with Crippen molar-refractivity contribution in [2.75, 3.05) is 5.32 Å². The van der Waals surface area contributed by atoms with Crippen molar-refractivity contribution in [3.8, 4) is 5.75 Å². The maximum absolute atomic E-state index is 12.6. The summed E-state index contributed by atoms with van der Waals surface area (Å²) < 4.78 is 66.9. The molecule has 0 aliphatic rings. The van der Waals surface area contributed by atoms with Crippen LogP contribution in [0.25, 0.3) is 0 Å². The Balaban J connectivity index is 2.18. The van der Waals surface area contributed by atoms with E-state index in [4.69, 9.17) is 11.6 Å². The molecule has 0 atom stereocenters. The minimum absolute atomic E-state index is 0.0846. The first-order valence-electron chi connectivity index (χ1n) is 6.25. The Bertz CT molecular complexity index is 761. The second kappa shape index (κ2) is 6.63. The lowest BCUT2D eigenvalue weighted by Gasteiger charge is -2.09. The summed E-state index contributed by atoms with van der Waals surface area (Å²) in [5, 5.41) is 5.30. The highest BCUT2D eigenvalue weighted by atomic mass is 35.5. The molecule has 0 aliphatic heterocycles. The van der Waals surface area contributed by atoms with Crippen LogP contribution in [-0.2, 0) is 13.2 Å². The molecule has 0 saturated carbocycles. The molecule has 5 nitrogen and oxygen atoms in total. The number of rotatable bonds is 4. The molecule has 0 radical (unpaired) electrons. The van der Waals surface area contributed by atoms with Crippen LogP contribution in [0.1, 0.15) is 16.2 Å². The van der Waals surface area contributed by atoms with Gasteiger partial charge in [0.1, 0.15) is 11.4 Å². The number of carbonyl (C=O) groups is 1. The number of aryl methyl sites for hydroxylation is 1. The molecule has 1 aromatic heterocycles. The zero-order valence-corrected chi connectivity index (χ0v) is 12.6. The van der Waals surface area contributed by atoms with E-state index in [1.54, 1.807) is 0 Å². The normalized spacial score (nSPS) is 11.7. The van der Waals surface area contributed by atoms with E-state index < -0.39 is 24.4 Å². The molecular weight excluding hydrogens is 361 g/mol. The molecule has 2 aromatic rings. The summed E-state index contributed by atoms with van der Waals surface area (Å²) in [6, 6.07) is 4.01. The number of alkyl halides is 5. The number of carbonyl (C=O) groups excluding carboxylic acids is 1. The fourth-order valence-corrected chi connectivity index (χ4v) is 2.01. The van der Waals surface area contributed by atoms with Crippen LogP contribution < -0.4 is 10.1 Å². The van der Waals surface area contributed by atoms with Crippen molar-refractivity contribution < 1.29 is 31.5 Å². The van der Waals surface area contributed by atoms with Gasteiger partial charge in [-0.15, -0.1) is 0 Å². The fourth-order valence-electron chi connectivity index (χ4n) is 1.78. The number of halogens is 6. The summed E-state index contributed by atoms with van der Waals surface area (Å²) in [6.07, 6.45) is -4.69. The molecular formula is C13H9ClF5N3O2. The molecule has 24 heavy (non-hydrogen) atoms. The average Bonchev–Trinajstić information content (AvgIpc) is 2.83. The number of ether oxygens (including phenoxy) is 1. The molecule has 1 N–H and O–H groups in total. The Labute approximate surface area is 137 Å². The Kier molecular flexibility index (Phi) is 4.97.